The molecule has 0 aromatic carbocycles. The van der Waals surface area contributed by atoms with Gasteiger partial charge in [0.15, 0.2) is 6.10 Å². The van der Waals surface area contributed by atoms with E-state index < -0.39 is 29.9 Å². The molecule has 164 valence electrons. The number of carbonyl (C=O) groups is 3. The summed E-state index contributed by atoms with van der Waals surface area (Å²) in [5.74, 6) is -6.60. The molecule has 4 fully saturated rings. The van der Waals surface area contributed by atoms with E-state index in [1.165, 1.54) is 33.1 Å². The number of hydrogen-bond acceptors (Lipinski definition) is 5. The molecule has 4 saturated carbocycles. The molecule has 8 heteroatoms. The predicted octanol–water partition coefficient (Wildman–Crippen LogP) is 3.81. The van der Waals surface area contributed by atoms with Crippen molar-refractivity contribution in [3.05, 3.63) is 0 Å². The maximum atomic E-state index is 13.7. The molecule has 29 heavy (non-hydrogen) atoms. The van der Waals surface area contributed by atoms with Crippen LogP contribution in [0.4, 0.5) is 8.78 Å². The quantitative estimate of drug-likeness (QED) is 0.454. The second-order valence-electron chi connectivity index (χ2n) is 9.52. The topological polar surface area (TPSA) is 89.9 Å². The summed E-state index contributed by atoms with van der Waals surface area (Å²) >= 11 is 0. The van der Waals surface area contributed by atoms with E-state index in [1.807, 2.05) is 0 Å². The van der Waals surface area contributed by atoms with Crippen LogP contribution in [-0.4, -0.2) is 41.6 Å². The fourth-order valence-electron chi connectivity index (χ4n) is 5.85. The molecule has 4 aliphatic rings. The molecule has 4 rings (SSSR count). The van der Waals surface area contributed by atoms with Gasteiger partial charge < -0.3 is 14.6 Å². The number of carbonyl (C=O) groups excluding carboxylic acids is 2. The highest BCUT2D eigenvalue weighted by atomic mass is 19.3. The molecular weight excluding hydrogens is 386 g/mol. The molecule has 4 aliphatic carbocycles. The Kier molecular flexibility index (Phi) is 6.20. The van der Waals surface area contributed by atoms with Crippen molar-refractivity contribution in [1.29, 1.82) is 0 Å². The average molecular weight is 416 g/mol. The number of hydrogen-bond donors (Lipinski definition) is 1. The maximum absolute atomic E-state index is 13.7. The van der Waals surface area contributed by atoms with Gasteiger partial charge in [0.05, 0.1) is 12.0 Å². The lowest BCUT2D eigenvalue weighted by atomic mass is 9.49. The minimum Gasteiger partial charge on any atom is -0.477 e. The van der Waals surface area contributed by atoms with Gasteiger partial charge in [-0.15, -0.1) is 0 Å². The largest absolute Gasteiger partial charge is 0.477 e. The number of carboxylic acids is 1. The van der Waals surface area contributed by atoms with Crippen LogP contribution >= 0.6 is 0 Å². The Bertz CT molecular complexity index is 624. The number of aliphatic carboxylic acids is 1. The van der Waals surface area contributed by atoms with Crippen molar-refractivity contribution < 1.29 is 37.7 Å². The predicted molar refractivity (Wildman–Crippen MR) is 98.1 cm³/mol. The van der Waals surface area contributed by atoms with Gasteiger partial charge in [-0.3, -0.25) is 9.59 Å². The Morgan fingerprint density at radius 3 is 2.03 bits per heavy atom. The third-order valence-corrected chi connectivity index (χ3v) is 6.74. The highest BCUT2D eigenvalue weighted by Gasteiger charge is 2.55. The molecule has 1 atom stereocenters. The summed E-state index contributed by atoms with van der Waals surface area (Å²) in [6, 6.07) is 0. The van der Waals surface area contributed by atoms with Crippen LogP contribution in [0.3, 0.4) is 0 Å². The van der Waals surface area contributed by atoms with Crippen molar-refractivity contribution in [2.24, 2.45) is 29.1 Å². The van der Waals surface area contributed by atoms with Crippen LogP contribution in [0, 0.1) is 29.1 Å². The summed E-state index contributed by atoms with van der Waals surface area (Å²) < 4.78 is 37.6. The van der Waals surface area contributed by atoms with E-state index in [0.29, 0.717) is 17.8 Å². The van der Waals surface area contributed by atoms with Crippen LogP contribution < -0.4 is 0 Å². The SMILES string of the molecule is CC(C)C(OC(=O)CCCOC(=O)C12CC3CC(CC(C3)C1)C2)C(F)(F)C(=O)O. The van der Waals surface area contributed by atoms with Gasteiger partial charge >= 0.3 is 23.8 Å². The monoisotopic (exact) mass is 416 g/mol. The summed E-state index contributed by atoms with van der Waals surface area (Å²) in [7, 11) is 0. The molecule has 0 saturated heterocycles. The second-order valence-corrected chi connectivity index (χ2v) is 9.52. The zero-order chi connectivity index (χ0) is 21.4. The molecule has 1 N–H and O–H groups in total. The van der Waals surface area contributed by atoms with E-state index in [9.17, 15) is 23.2 Å². The van der Waals surface area contributed by atoms with Crippen molar-refractivity contribution in [1.82, 2.24) is 0 Å². The molecule has 0 aliphatic heterocycles. The number of rotatable bonds is 9. The van der Waals surface area contributed by atoms with Gasteiger partial charge in [0.2, 0.25) is 0 Å². The summed E-state index contributed by atoms with van der Waals surface area (Å²) in [6.45, 7) is 2.75. The molecule has 1 unspecified atom stereocenters. The van der Waals surface area contributed by atoms with Gasteiger partial charge in [-0.2, -0.15) is 8.78 Å². The number of alkyl halides is 2. The van der Waals surface area contributed by atoms with E-state index in [-0.39, 0.29) is 30.8 Å². The van der Waals surface area contributed by atoms with Crippen LogP contribution in [0.25, 0.3) is 0 Å². The van der Waals surface area contributed by atoms with Crippen molar-refractivity contribution in [2.75, 3.05) is 6.61 Å². The summed E-state index contributed by atoms with van der Waals surface area (Å²) in [5, 5.41) is 8.67. The second kappa shape index (κ2) is 8.19. The highest BCUT2D eigenvalue weighted by molar-refractivity contribution is 5.78. The Balaban J connectivity index is 1.44. The lowest BCUT2D eigenvalue weighted by Crippen LogP contribution is -2.50. The summed E-state index contributed by atoms with van der Waals surface area (Å²) in [4.78, 5) is 35.4. The standard InChI is InChI=1S/C21H30F2O6/c1-12(2)17(21(22,23)18(25)26)29-16(24)4-3-5-28-19(27)20-9-13-6-14(10-20)8-15(7-13)11-20/h12-15,17H,3-11H2,1-2H3,(H,25,26). The van der Waals surface area contributed by atoms with Gasteiger partial charge in [-0.1, -0.05) is 13.8 Å². The van der Waals surface area contributed by atoms with Gasteiger partial charge in [-0.05, 0) is 68.6 Å². The highest BCUT2D eigenvalue weighted by Crippen LogP contribution is 2.60. The third-order valence-electron chi connectivity index (χ3n) is 6.74. The van der Waals surface area contributed by atoms with Gasteiger partial charge in [0.1, 0.15) is 0 Å². The normalized spacial score (nSPS) is 31.6. The first-order chi connectivity index (χ1) is 13.5. The molecule has 4 bridgehead atoms. The average Bonchev–Trinajstić information content (AvgIpc) is 2.61. The smallest absolute Gasteiger partial charge is 0.378 e. The van der Waals surface area contributed by atoms with E-state index in [4.69, 9.17) is 14.6 Å². The van der Waals surface area contributed by atoms with E-state index >= 15 is 0 Å². The minimum absolute atomic E-state index is 0.0252. The first-order valence-electron chi connectivity index (χ1n) is 10.5. The number of carboxylic acid groups (broad SMARTS) is 1. The fourth-order valence-corrected chi connectivity index (χ4v) is 5.85. The first kappa shape index (κ1) is 22.0. The van der Waals surface area contributed by atoms with Gasteiger partial charge in [0.25, 0.3) is 0 Å². The van der Waals surface area contributed by atoms with Crippen molar-refractivity contribution in [3.8, 4) is 0 Å². The molecule has 0 amide bonds. The zero-order valence-electron chi connectivity index (χ0n) is 17.0. The minimum atomic E-state index is -4.16. The molecule has 0 aromatic rings. The lowest BCUT2D eigenvalue weighted by molar-refractivity contribution is -0.199. The Morgan fingerprint density at radius 2 is 1.59 bits per heavy atom. The van der Waals surface area contributed by atoms with Crippen LogP contribution in [0.15, 0.2) is 0 Å². The van der Waals surface area contributed by atoms with Crippen LogP contribution in [0.5, 0.6) is 0 Å². The Labute approximate surface area is 169 Å². The fraction of sp³-hybridized carbons (Fsp3) is 0.857. The van der Waals surface area contributed by atoms with Crippen molar-refractivity contribution >= 4 is 17.9 Å². The van der Waals surface area contributed by atoms with Crippen molar-refractivity contribution in [3.63, 3.8) is 0 Å². The van der Waals surface area contributed by atoms with Crippen LogP contribution in [-0.2, 0) is 23.9 Å². The van der Waals surface area contributed by atoms with Crippen molar-refractivity contribution in [2.45, 2.75) is 77.2 Å². The molecule has 0 heterocycles. The van der Waals surface area contributed by atoms with Gasteiger partial charge in [0, 0.05) is 6.42 Å². The Morgan fingerprint density at radius 1 is 1.07 bits per heavy atom. The molecular formula is C21H30F2O6. The molecule has 0 radical (unpaired) electrons. The molecule has 6 nitrogen and oxygen atoms in total. The van der Waals surface area contributed by atoms with Crippen LogP contribution in [0.2, 0.25) is 0 Å². The zero-order valence-corrected chi connectivity index (χ0v) is 17.0. The maximum Gasteiger partial charge on any atom is 0.378 e. The molecule has 0 spiro atoms. The first-order valence-corrected chi connectivity index (χ1v) is 10.5. The van der Waals surface area contributed by atoms with E-state index in [1.54, 1.807) is 0 Å². The summed E-state index contributed by atoms with van der Waals surface area (Å²) in [6.07, 6.45) is 4.22. The van der Waals surface area contributed by atoms with Crippen LogP contribution in [0.1, 0.15) is 65.2 Å². The van der Waals surface area contributed by atoms with Gasteiger partial charge in [-0.25, -0.2) is 4.79 Å². The lowest BCUT2D eigenvalue weighted by Gasteiger charge is -2.55. The number of esters is 2. The third kappa shape index (κ3) is 4.56. The summed E-state index contributed by atoms with van der Waals surface area (Å²) in [5.41, 5.74) is -0.373. The molecule has 0 aromatic heterocycles. The van der Waals surface area contributed by atoms with E-state index in [2.05, 4.69) is 0 Å². The number of halogens is 2. The Hall–Kier alpha value is -1.73. The number of ether oxygens (including phenoxy) is 2. The van der Waals surface area contributed by atoms with E-state index in [0.717, 1.165) is 19.3 Å².